The molecule has 1 rings (SSSR count). The number of carboxylic acid groups (broad SMARTS) is 1. The number of Topliss-reactive ketones (excluding diaryl/α,β-unsaturated/α-hetero) is 1. The number of carbonyl (C=O) groups is 5. The van der Waals surface area contributed by atoms with Gasteiger partial charge in [-0.25, -0.2) is 13.6 Å². The molecule has 37 heavy (non-hydrogen) atoms. The number of carbonyl (C=O) groups excluding carboxylic acids is 4. The van der Waals surface area contributed by atoms with Crippen LogP contribution in [0.25, 0.3) is 0 Å². The van der Waals surface area contributed by atoms with Crippen molar-refractivity contribution in [1.29, 1.82) is 0 Å². The second-order valence-electron chi connectivity index (χ2n) is 10.2. The van der Waals surface area contributed by atoms with Crippen molar-refractivity contribution in [3.05, 3.63) is 0 Å². The molecular formula is C22H33F5N4O6. The molecule has 212 valence electrons. The van der Waals surface area contributed by atoms with Gasteiger partial charge in [-0.05, 0) is 31.6 Å². The molecule has 2 unspecified atom stereocenters. The Bertz CT molecular complexity index is 884. The summed E-state index contributed by atoms with van der Waals surface area (Å²) in [6.45, 7) is 4.51. The number of ketones is 1. The SMILES string of the molecule is CNC(=O)C(=O)C(CCC(C)(F)F)NC(=O)[C@@H]1C[C@H](C(F)(F)F)CCN1C(=O)C(NC(=O)O)C(C)(C)C. The first-order valence-electron chi connectivity index (χ1n) is 11.5. The van der Waals surface area contributed by atoms with Crippen molar-refractivity contribution in [3.8, 4) is 0 Å². The predicted octanol–water partition coefficient (Wildman–Crippen LogP) is 2.07. The van der Waals surface area contributed by atoms with Crippen molar-refractivity contribution in [2.75, 3.05) is 13.6 Å². The van der Waals surface area contributed by atoms with E-state index in [0.29, 0.717) is 6.92 Å². The molecule has 15 heteroatoms. The van der Waals surface area contributed by atoms with Gasteiger partial charge in [0.25, 0.3) is 5.91 Å². The molecule has 1 aliphatic rings. The molecule has 1 heterocycles. The van der Waals surface area contributed by atoms with E-state index in [1.807, 2.05) is 10.6 Å². The molecule has 0 aromatic rings. The lowest BCUT2D eigenvalue weighted by atomic mass is 9.83. The first-order chi connectivity index (χ1) is 16.7. The fraction of sp³-hybridized carbons (Fsp3) is 0.773. The Labute approximate surface area is 210 Å². The minimum Gasteiger partial charge on any atom is -0.465 e. The van der Waals surface area contributed by atoms with E-state index >= 15 is 0 Å². The van der Waals surface area contributed by atoms with Crippen LogP contribution in [-0.4, -0.2) is 83.4 Å². The van der Waals surface area contributed by atoms with Crippen molar-refractivity contribution in [2.24, 2.45) is 11.3 Å². The maximum Gasteiger partial charge on any atom is 0.405 e. The Morgan fingerprint density at radius 1 is 1.00 bits per heavy atom. The zero-order valence-corrected chi connectivity index (χ0v) is 21.2. The molecule has 1 aliphatic heterocycles. The number of likely N-dealkylation sites (N-methyl/N-ethyl adjacent to an activating group) is 1. The Kier molecular flexibility index (Phi) is 10.4. The van der Waals surface area contributed by atoms with Crippen molar-refractivity contribution in [3.63, 3.8) is 0 Å². The lowest BCUT2D eigenvalue weighted by Crippen LogP contribution is -2.63. The van der Waals surface area contributed by atoms with Gasteiger partial charge in [0.15, 0.2) is 0 Å². The molecule has 0 aromatic heterocycles. The summed E-state index contributed by atoms with van der Waals surface area (Å²) in [5.74, 6) is -10.0. The topological polar surface area (TPSA) is 145 Å². The van der Waals surface area contributed by atoms with Crippen LogP contribution in [-0.2, 0) is 19.2 Å². The van der Waals surface area contributed by atoms with E-state index in [-0.39, 0.29) is 0 Å². The van der Waals surface area contributed by atoms with Crippen LogP contribution in [0.4, 0.5) is 26.7 Å². The number of hydrogen-bond donors (Lipinski definition) is 4. The zero-order valence-electron chi connectivity index (χ0n) is 21.2. The molecule has 0 aromatic carbocycles. The highest BCUT2D eigenvalue weighted by Crippen LogP contribution is 2.37. The first-order valence-corrected chi connectivity index (χ1v) is 11.5. The second-order valence-corrected chi connectivity index (χ2v) is 10.2. The summed E-state index contributed by atoms with van der Waals surface area (Å²) in [5, 5.41) is 15.2. The molecule has 0 radical (unpaired) electrons. The van der Waals surface area contributed by atoms with E-state index < -0.39 is 103 Å². The van der Waals surface area contributed by atoms with Crippen LogP contribution < -0.4 is 16.0 Å². The number of hydrogen-bond acceptors (Lipinski definition) is 5. The van der Waals surface area contributed by atoms with Gasteiger partial charge in [-0.3, -0.25) is 19.2 Å². The van der Waals surface area contributed by atoms with E-state index in [4.69, 9.17) is 5.11 Å². The number of amides is 4. The van der Waals surface area contributed by atoms with Crippen molar-refractivity contribution in [1.82, 2.24) is 20.9 Å². The summed E-state index contributed by atoms with van der Waals surface area (Å²) in [7, 11) is 1.09. The number of rotatable bonds is 9. The van der Waals surface area contributed by atoms with Crippen LogP contribution in [0.1, 0.15) is 53.4 Å². The van der Waals surface area contributed by atoms with Gasteiger partial charge >= 0.3 is 12.3 Å². The van der Waals surface area contributed by atoms with Crippen LogP contribution in [0.3, 0.4) is 0 Å². The van der Waals surface area contributed by atoms with Gasteiger partial charge in [-0.15, -0.1) is 0 Å². The van der Waals surface area contributed by atoms with Crippen LogP contribution in [0.5, 0.6) is 0 Å². The van der Waals surface area contributed by atoms with Crippen LogP contribution >= 0.6 is 0 Å². The lowest BCUT2D eigenvalue weighted by Gasteiger charge is -2.42. The number of piperidine rings is 1. The average Bonchev–Trinajstić information content (AvgIpc) is 2.76. The molecule has 0 bridgehead atoms. The quantitative estimate of drug-likeness (QED) is 0.258. The number of nitrogens with zero attached hydrogens (tertiary/aromatic N) is 1. The van der Waals surface area contributed by atoms with Gasteiger partial charge in [0.2, 0.25) is 23.5 Å². The van der Waals surface area contributed by atoms with E-state index in [1.54, 1.807) is 0 Å². The molecule has 0 spiro atoms. The average molecular weight is 545 g/mol. The van der Waals surface area contributed by atoms with Crippen molar-refractivity contribution in [2.45, 2.75) is 83.6 Å². The van der Waals surface area contributed by atoms with Crippen LogP contribution in [0, 0.1) is 11.3 Å². The van der Waals surface area contributed by atoms with E-state index in [0.717, 1.165) is 11.9 Å². The highest BCUT2D eigenvalue weighted by atomic mass is 19.4. The fourth-order valence-corrected chi connectivity index (χ4v) is 3.93. The third-order valence-corrected chi connectivity index (χ3v) is 5.99. The number of halogens is 5. The smallest absolute Gasteiger partial charge is 0.405 e. The summed E-state index contributed by atoms with van der Waals surface area (Å²) >= 11 is 0. The van der Waals surface area contributed by atoms with Gasteiger partial charge in [-0.2, -0.15) is 13.2 Å². The molecule has 4 atom stereocenters. The highest BCUT2D eigenvalue weighted by molar-refractivity contribution is 6.38. The van der Waals surface area contributed by atoms with Crippen LogP contribution in [0.15, 0.2) is 0 Å². The van der Waals surface area contributed by atoms with Gasteiger partial charge < -0.3 is 26.0 Å². The minimum absolute atomic E-state index is 0.549. The summed E-state index contributed by atoms with van der Waals surface area (Å²) in [6.07, 6.45) is -9.39. The van der Waals surface area contributed by atoms with Crippen LogP contribution in [0.2, 0.25) is 0 Å². The van der Waals surface area contributed by atoms with Gasteiger partial charge in [0.05, 0.1) is 12.0 Å². The fourth-order valence-electron chi connectivity index (χ4n) is 3.93. The Hall–Kier alpha value is -3.00. The highest BCUT2D eigenvalue weighted by Gasteiger charge is 2.49. The maximum absolute atomic E-state index is 13.5. The molecule has 0 aliphatic carbocycles. The summed E-state index contributed by atoms with van der Waals surface area (Å²) in [4.78, 5) is 62.7. The first kappa shape index (κ1) is 32.0. The van der Waals surface area contributed by atoms with Gasteiger partial charge in [0, 0.05) is 20.0 Å². The van der Waals surface area contributed by atoms with Crippen molar-refractivity contribution >= 4 is 29.6 Å². The monoisotopic (exact) mass is 544 g/mol. The molecule has 1 saturated heterocycles. The van der Waals surface area contributed by atoms with E-state index in [9.17, 15) is 45.9 Å². The number of nitrogens with one attached hydrogen (secondary N) is 3. The molecule has 10 nitrogen and oxygen atoms in total. The molecule has 1 fully saturated rings. The maximum atomic E-state index is 13.5. The Morgan fingerprint density at radius 3 is 2.00 bits per heavy atom. The van der Waals surface area contributed by atoms with E-state index in [2.05, 4.69) is 5.32 Å². The Balaban J connectivity index is 3.37. The number of likely N-dealkylation sites (tertiary alicyclic amines) is 1. The van der Waals surface area contributed by atoms with Gasteiger partial charge in [0.1, 0.15) is 12.1 Å². The molecular weight excluding hydrogens is 511 g/mol. The number of alkyl halides is 5. The second kappa shape index (κ2) is 12.0. The zero-order chi connectivity index (χ0) is 28.9. The van der Waals surface area contributed by atoms with E-state index in [1.165, 1.54) is 20.8 Å². The third-order valence-electron chi connectivity index (χ3n) is 5.99. The summed E-state index contributed by atoms with van der Waals surface area (Å²) < 4.78 is 67.4. The standard InChI is InChI=1S/C22H33F5N4O6/c1-20(2,3)15(30-19(36)37)18(35)31-9-7-11(22(25,26)27)10-13(31)16(33)29-12(6-8-21(4,23)24)14(32)17(34)28-5/h11-13,15,30H,6-10H2,1-5H3,(H,28,34)(H,29,33)(H,36,37)/t11-,12?,13+,15?/m1/s1. The predicted molar refractivity (Wildman–Crippen MR) is 120 cm³/mol. The molecule has 4 N–H and O–H groups in total. The summed E-state index contributed by atoms with van der Waals surface area (Å²) in [5.41, 5.74) is -1.04. The lowest BCUT2D eigenvalue weighted by molar-refractivity contribution is -0.193. The van der Waals surface area contributed by atoms with Crippen molar-refractivity contribution < 1.29 is 51.0 Å². The third kappa shape index (κ3) is 9.43. The minimum atomic E-state index is -4.72. The normalized spacial score (nSPS) is 20.4. The molecule has 0 saturated carbocycles. The van der Waals surface area contributed by atoms with Gasteiger partial charge in [-0.1, -0.05) is 20.8 Å². The largest absolute Gasteiger partial charge is 0.465 e. The summed E-state index contributed by atoms with van der Waals surface area (Å²) in [6, 6.07) is -5.04. The molecule has 4 amide bonds. The Morgan fingerprint density at radius 2 is 1.57 bits per heavy atom.